The molecule has 1 N–H and O–H groups in total. The molecule has 0 unspecified atom stereocenters. The lowest BCUT2D eigenvalue weighted by atomic mass is 9.99. The molecule has 0 aliphatic heterocycles. The van der Waals surface area contributed by atoms with Gasteiger partial charge in [0.1, 0.15) is 0 Å². The monoisotopic (exact) mass is 302 g/mol. The van der Waals surface area contributed by atoms with E-state index < -0.39 is 5.97 Å². The van der Waals surface area contributed by atoms with E-state index >= 15 is 0 Å². The van der Waals surface area contributed by atoms with Crippen LogP contribution in [0.5, 0.6) is 0 Å². The molecule has 23 heavy (non-hydrogen) atoms. The molecule has 114 valence electrons. The van der Waals surface area contributed by atoms with Crippen molar-refractivity contribution in [3.8, 4) is 23.7 Å². The van der Waals surface area contributed by atoms with E-state index in [0.29, 0.717) is 11.1 Å². The largest absolute Gasteiger partial charge is 0.478 e. The first-order valence-corrected chi connectivity index (χ1v) is 7.32. The molecule has 0 saturated heterocycles. The average Bonchev–Trinajstić information content (AvgIpc) is 2.49. The van der Waals surface area contributed by atoms with Crippen LogP contribution in [-0.2, 0) is 0 Å². The second-order valence-electron chi connectivity index (χ2n) is 5.61. The lowest BCUT2D eigenvalue weighted by molar-refractivity contribution is 0.0696. The van der Waals surface area contributed by atoms with Gasteiger partial charge in [0.2, 0.25) is 0 Å². The zero-order valence-electron chi connectivity index (χ0n) is 13.7. The lowest BCUT2D eigenvalue weighted by Crippen LogP contribution is -2.02. The summed E-state index contributed by atoms with van der Waals surface area (Å²) in [7, 11) is 0. The SMILES string of the molecule is Cc1ccc(C)c(C#CC#Cc2cc(C)cc(C(=O)O)c2C)c1. The van der Waals surface area contributed by atoms with E-state index in [2.05, 4.69) is 29.7 Å². The Morgan fingerprint density at radius 1 is 0.870 bits per heavy atom. The quantitative estimate of drug-likeness (QED) is 0.808. The van der Waals surface area contributed by atoms with Crippen LogP contribution in [0, 0.1) is 51.4 Å². The molecule has 0 heterocycles. The van der Waals surface area contributed by atoms with Gasteiger partial charge in [-0.2, -0.15) is 0 Å². The first-order valence-electron chi connectivity index (χ1n) is 7.32. The summed E-state index contributed by atoms with van der Waals surface area (Å²) in [4.78, 5) is 11.2. The number of aromatic carboxylic acids is 1. The molecule has 0 saturated carbocycles. The minimum absolute atomic E-state index is 0.289. The van der Waals surface area contributed by atoms with Crippen LogP contribution in [0.1, 0.15) is 43.7 Å². The Morgan fingerprint density at radius 3 is 2.13 bits per heavy atom. The van der Waals surface area contributed by atoms with Crippen LogP contribution in [0.4, 0.5) is 0 Å². The maximum atomic E-state index is 11.2. The summed E-state index contributed by atoms with van der Waals surface area (Å²) < 4.78 is 0. The highest BCUT2D eigenvalue weighted by Gasteiger charge is 2.10. The Balaban J connectivity index is 2.36. The summed E-state index contributed by atoms with van der Waals surface area (Å²) in [5.41, 5.74) is 5.78. The lowest BCUT2D eigenvalue weighted by Gasteiger charge is -2.05. The normalized spacial score (nSPS) is 9.39. The topological polar surface area (TPSA) is 37.3 Å². The molecule has 0 radical (unpaired) electrons. The van der Waals surface area contributed by atoms with Crippen LogP contribution in [0.25, 0.3) is 0 Å². The Morgan fingerprint density at radius 2 is 1.48 bits per heavy atom. The molecule has 0 amide bonds. The van der Waals surface area contributed by atoms with Crippen molar-refractivity contribution in [2.75, 3.05) is 0 Å². The number of aryl methyl sites for hydroxylation is 3. The predicted octanol–water partition coefficient (Wildman–Crippen LogP) is 4.02. The number of hydrogen-bond acceptors (Lipinski definition) is 1. The summed E-state index contributed by atoms with van der Waals surface area (Å²) in [5, 5.41) is 9.22. The van der Waals surface area contributed by atoms with Gasteiger partial charge >= 0.3 is 5.97 Å². The van der Waals surface area contributed by atoms with E-state index in [-0.39, 0.29) is 5.56 Å². The molecule has 2 rings (SSSR count). The minimum atomic E-state index is -0.935. The van der Waals surface area contributed by atoms with Crippen molar-refractivity contribution in [3.05, 3.63) is 69.3 Å². The third kappa shape index (κ3) is 4.02. The summed E-state index contributed by atoms with van der Waals surface area (Å²) in [5.74, 6) is 10.8. The van der Waals surface area contributed by atoms with Crippen LogP contribution in [0.2, 0.25) is 0 Å². The molecule has 2 heteroatoms. The zero-order chi connectivity index (χ0) is 17.0. The van der Waals surface area contributed by atoms with Gasteiger partial charge in [0.25, 0.3) is 0 Å². The van der Waals surface area contributed by atoms with Gasteiger partial charge in [0.05, 0.1) is 5.56 Å². The first kappa shape index (κ1) is 16.4. The van der Waals surface area contributed by atoms with Gasteiger partial charge in [-0.1, -0.05) is 24.0 Å². The van der Waals surface area contributed by atoms with Crippen LogP contribution < -0.4 is 0 Å². The molecule has 0 aromatic heterocycles. The van der Waals surface area contributed by atoms with Gasteiger partial charge in [-0.25, -0.2) is 4.79 Å². The molecule has 0 atom stereocenters. The maximum absolute atomic E-state index is 11.2. The second-order valence-corrected chi connectivity index (χ2v) is 5.61. The van der Waals surface area contributed by atoms with Crippen LogP contribution in [0.15, 0.2) is 30.3 Å². The summed E-state index contributed by atoms with van der Waals surface area (Å²) >= 11 is 0. The molecule has 0 bridgehead atoms. The molecule has 0 spiro atoms. The summed E-state index contributed by atoms with van der Waals surface area (Å²) in [6, 6.07) is 9.66. The van der Waals surface area contributed by atoms with Crippen LogP contribution in [0.3, 0.4) is 0 Å². The Hall–Kier alpha value is -2.97. The minimum Gasteiger partial charge on any atom is -0.478 e. The molecule has 2 aromatic carbocycles. The Bertz CT molecular complexity index is 897. The van der Waals surface area contributed by atoms with Gasteiger partial charge in [0.15, 0.2) is 0 Å². The molecule has 0 aliphatic rings. The van der Waals surface area contributed by atoms with Crippen LogP contribution >= 0.6 is 0 Å². The van der Waals surface area contributed by atoms with Crippen molar-refractivity contribution in [1.29, 1.82) is 0 Å². The highest BCUT2D eigenvalue weighted by atomic mass is 16.4. The standard InChI is InChI=1S/C21H18O2/c1-14-9-10-16(3)18(11-14)7-5-6-8-19-12-15(2)13-20(17(19)4)21(22)23/h9-13H,1-4H3,(H,22,23). The van der Waals surface area contributed by atoms with Crippen molar-refractivity contribution in [3.63, 3.8) is 0 Å². The van der Waals surface area contributed by atoms with Crippen LogP contribution in [-0.4, -0.2) is 11.1 Å². The number of benzene rings is 2. The smallest absolute Gasteiger partial charge is 0.336 e. The predicted molar refractivity (Wildman–Crippen MR) is 92.5 cm³/mol. The Labute approximate surface area is 137 Å². The third-order valence-electron chi connectivity index (χ3n) is 3.63. The number of carboxylic acids is 1. The number of carbonyl (C=O) groups is 1. The van der Waals surface area contributed by atoms with Crippen molar-refractivity contribution in [2.24, 2.45) is 0 Å². The van der Waals surface area contributed by atoms with Crippen molar-refractivity contribution in [2.45, 2.75) is 27.7 Å². The fourth-order valence-electron chi connectivity index (χ4n) is 2.28. The summed E-state index contributed by atoms with van der Waals surface area (Å²) in [6.07, 6.45) is 0. The van der Waals surface area contributed by atoms with Gasteiger partial charge in [-0.05, 0) is 80.0 Å². The third-order valence-corrected chi connectivity index (χ3v) is 3.63. The highest BCUT2D eigenvalue weighted by Crippen LogP contribution is 2.16. The Kier molecular flexibility index (Phi) is 4.89. The first-order chi connectivity index (χ1) is 10.9. The van der Waals surface area contributed by atoms with E-state index in [4.69, 9.17) is 0 Å². The van der Waals surface area contributed by atoms with Crippen molar-refractivity contribution in [1.82, 2.24) is 0 Å². The molecule has 0 aliphatic carbocycles. The van der Waals surface area contributed by atoms with E-state index in [0.717, 1.165) is 22.3 Å². The van der Waals surface area contributed by atoms with Crippen molar-refractivity contribution < 1.29 is 9.90 Å². The molecular formula is C21H18O2. The van der Waals surface area contributed by atoms with Gasteiger partial charge in [0, 0.05) is 11.1 Å². The van der Waals surface area contributed by atoms with E-state index in [9.17, 15) is 9.90 Å². The number of carboxylic acid groups (broad SMARTS) is 1. The van der Waals surface area contributed by atoms with Gasteiger partial charge < -0.3 is 5.11 Å². The molecule has 0 fully saturated rings. The average molecular weight is 302 g/mol. The molecule has 2 aromatic rings. The highest BCUT2D eigenvalue weighted by molar-refractivity contribution is 5.90. The molecule has 2 nitrogen and oxygen atoms in total. The van der Waals surface area contributed by atoms with Gasteiger partial charge in [-0.15, -0.1) is 0 Å². The van der Waals surface area contributed by atoms with Crippen molar-refractivity contribution >= 4 is 5.97 Å². The molecular weight excluding hydrogens is 284 g/mol. The van der Waals surface area contributed by atoms with E-state index in [1.165, 1.54) is 0 Å². The van der Waals surface area contributed by atoms with E-state index in [1.807, 2.05) is 39.0 Å². The fourth-order valence-corrected chi connectivity index (χ4v) is 2.28. The van der Waals surface area contributed by atoms with E-state index in [1.54, 1.807) is 13.0 Å². The second kappa shape index (κ2) is 6.86. The number of hydrogen-bond donors (Lipinski definition) is 1. The number of rotatable bonds is 1. The summed E-state index contributed by atoms with van der Waals surface area (Å²) in [6.45, 7) is 7.67. The van der Waals surface area contributed by atoms with Gasteiger partial charge in [-0.3, -0.25) is 0 Å². The maximum Gasteiger partial charge on any atom is 0.336 e. The zero-order valence-corrected chi connectivity index (χ0v) is 13.7. The fraction of sp³-hybridized carbons (Fsp3) is 0.190.